The van der Waals surface area contributed by atoms with Crippen molar-refractivity contribution < 1.29 is 19.5 Å². The number of nitrogens with one attached hydrogen (secondary N) is 1. The van der Waals surface area contributed by atoms with E-state index < -0.39 is 11.9 Å². The molecular weight excluding hydrogens is 224 g/mol. The molecule has 1 aliphatic carbocycles. The van der Waals surface area contributed by atoms with E-state index in [2.05, 4.69) is 5.32 Å². The quantitative estimate of drug-likeness (QED) is 0.708. The Morgan fingerprint density at radius 2 is 1.82 bits per heavy atom. The van der Waals surface area contributed by atoms with Gasteiger partial charge < -0.3 is 15.3 Å². The van der Waals surface area contributed by atoms with Crippen LogP contribution in [-0.2, 0) is 14.4 Å². The molecular formula is C11H18N2O4. The second kappa shape index (κ2) is 5.65. The Morgan fingerprint density at radius 3 is 2.29 bits per heavy atom. The van der Waals surface area contributed by atoms with Gasteiger partial charge in [0.15, 0.2) is 0 Å². The number of aliphatic carboxylic acids is 1. The molecule has 0 aromatic heterocycles. The number of carbonyl (C=O) groups excluding carboxylic acids is 2. The van der Waals surface area contributed by atoms with Crippen LogP contribution in [0.2, 0.25) is 0 Å². The molecule has 2 amide bonds. The molecule has 0 heterocycles. The Balaban J connectivity index is 2.35. The normalized spacial score (nSPS) is 23.2. The van der Waals surface area contributed by atoms with Crippen LogP contribution in [0, 0.1) is 11.8 Å². The summed E-state index contributed by atoms with van der Waals surface area (Å²) in [7, 11) is 3.23. The fourth-order valence-corrected chi connectivity index (χ4v) is 1.91. The molecule has 0 aromatic carbocycles. The van der Waals surface area contributed by atoms with Crippen molar-refractivity contribution in [2.45, 2.75) is 19.3 Å². The largest absolute Gasteiger partial charge is 0.481 e. The standard InChI is InChI=1S/C11H18N2O4/c1-13(2)9(14)6-12-10(15)7-3-4-8(5-7)11(16)17/h7-8H,3-6H2,1-2H3,(H,12,15)(H,16,17). The van der Waals surface area contributed by atoms with Gasteiger partial charge in [-0.15, -0.1) is 0 Å². The minimum atomic E-state index is -0.843. The van der Waals surface area contributed by atoms with Gasteiger partial charge in [-0.2, -0.15) is 0 Å². The highest BCUT2D eigenvalue weighted by molar-refractivity contribution is 5.86. The lowest BCUT2D eigenvalue weighted by molar-refractivity contribution is -0.141. The summed E-state index contributed by atoms with van der Waals surface area (Å²) in [4.78, 5) is 35.0. The first-order chi connectivity index (χ1) is 7.91. The number of carboxylic acid groups (broad SMARTS) is 1. The van der Waals surface area contributed by atoms with Crippen LogP contribution in [-0.4, -0.2) is 48.4 Å². The van der Waals surface area contributed by atoms with E-state index in [9.17, 15) is 14.4 Å². The Hall–Kier alpha value is -1.59. The van der Waals surface area contributed by atoms with Crippen LogP contribution in [0.25, 0.3) is 0 Å². The van der Waals surface area contributed by atoms with Crippen LogP contribution >= 0.6 is 0 Å². The molecule has 0 saturated heterocycles. The van der Waals surface area contributed by atoms with Crippen LogP contribution in [0.15, 0.2) is 0 Å². The first kappa shape index (κ1) is 13.5. The fraction of sp³-hybridized carbons (Fsp3) is 0.727. The number of rotatable bonds is 4. The van der Waals surface area contributed by atoms with E-state index in [1.54, 1.807) is 14.1 Å². The monoisotopic (exact) mass is 242 g/mol. The maximum absolute atomic E-state index is 11.7. The third-order valence-electron chi connectivity index (χ3n) is 3.07. The third-order valence-corrected chi connectivity index (χ3v) is 3.07. The van der Waals surface area contributed by atoms with Gasteiger partial charge in [-0.05, 0) is 19.3 Å². The maximum Gasteiger partial charge on any atom is 0.306 e. The second-order valence-electron chi connectivity index (χ2n) is 4.55. The summed E-state index contributed by atoms with van der Waals surface area (Å²) in [6, 6.07) is 0. The van der Waals surface area contributed by atoms with Gasteiger partial charge in [0, 0.05) is 20.0 Å². The lowest BCUT2D eigenvalue weighted by atomic mass is 10.0. The smallest absolute Gasteiger partial charge is 0.306 e. The van der Waals surface area contributed by atoms with E-state index in [1.165, 1.54) is 4.90 Å². The molecule has 1 rings (SSSR count). The van der Waals surface area contributed by atoms with Gasteiger partial charge in [-0.3, -0.25) is 14.4 Å². The van der Waals surface area contributed by atoms with Crippen LogP contribution in [0.1, 0.15) is 19.3 Å². The highest BCUT2D eigenvalue weighted by atomic mass is 16.4. The minimum Gasteiger partial charge on any atom is -0.481 e. The number of hydrogen-bond donors (Lipinski definition) is 2. The molecule has 0 bridgehead atoms. The van der Waals surface area contributed by atoms with Crippen molar-refractivity contribution >= 4 is 17.8 Å². The summed E-state index contributed by atoms with van der Waals surface area (Å²) in [6.07, 6.45) is 1.49. The topological polar surface area (TPSA) is 86.7 Å². The van der Waals surface area contributed by atoms with Crippen LogP contribution in [0.4, 0.5) is 0 Å². The Morgan fingerprint density at radius 1 is 1.24 bits per heavy atom. The number of carbonyl (C=O) groups is 3. The molecule has 6 heteroatoms. The lowest BCUT2D eigenvalue weighted by Crippen LogP contribution is -2.38. The lowest BCUT2D eigenvalue weighted by Gasteiger charge is -2.13. The summed E-state index contributed by atoms with van der Waals surface area (Å²) >= 11 is 0. The number of nitrogens with zero attached hydrogens (tertiary/aromatic N) is 1. The Kier molecular flexibility index (Phi) is 4.48. The highest BCUT2D eigenvalue weighted by Crippen LogP contribution is 2.30. The molecule has 1 saturated carbocycles. The summed E-state index contributed by atoms with van der Waals surface area (Å²) in [5.41, 5.74) is 0. The fourth-order valence-electron chi connectivity index (χ4n) is 1.91. The van der Waals surface area contributed by atoms with Crippen LogP contribution in [0.5, 0.6) is 0 Å². The molecule has 96 valence electrons. The van der Waals surface area contributed by atoms with Crippen molar-refractivity contribution in [3.05, 3.63) is 0 Å². The van der Waals surface area contributed by atoms with E-state index in [0.29, 0.717) is 19.3 Å². The van der Waals surface area contributed by atoms with Gasteiger partial charge in [0.1, 0.15) is 0 Å². The molecule has 0 aromatic rings. The molecule has 0 radical (unpaired) electrons. The molecule has 17 heavy (non-hydrogen) atoms. The molecule has 0 aliphatic heterocycles. The van der Waals surface area contributed by atoms with Gasteiger partial charge in [0.05, 0.1) is 12.5 Å². The van der Waals surface area contributed by atoms with E-state index in [4.69, 9.17) is 5.11 Å². The molecule has 1 aliphatic rings. The second-order valence-corrected chi connectivity index (χ2v) is 4.55. The first-order valence-electron chi connectivity index (χ1n) is 5.62. The van der Waals surface area contributed by atoms with Crippen molar-refractivity contribution in [2.24, 2.45) is 11.8 Å². The van der Waals surface area contributed by atoms with E-state index >= 15 is 0 Å². The molecule has 2 N–H and O–H groups in total. The van der Waals surface area contributed by atoms with Crippen molar-refractivity contribution in [3.8, 4) is 0 Å². The molecule has 1 fully saturated rings. The average Bonchev–Trinajstić information content (AvgIpc) is 2.74. The highest BCUT2D eigenvalue weighted by Gasteiger charge is 2.33. The Bertz CT molecular complexity index is 327. The zero-order chi connectivity index (χ0) is 13.0. The average molecular weight is 242 g/mol. The van der Waals surface area contributed by atoms with Gasteiger partial charge in [-0.25, -0.2) is 0 Å². The maximum atomic E-state index is 11.7. The van der Waals surface area contributed by atoms with E-state index in [0.717, 1.165) is 0 Å². The minimum absolute atomic E-state index is 0.0277. The van der Waals surface area contributed by atoms with Gasteiger partial charge in [-0.1, -0.05) is 0 Å². The van der Waals surface area contributed by atoms with Gasteiger partial charge in [0.25, 0.3) is 0 Å². The summed E-state index contributed by atoms with van der Waals surface area (Å²) in [5.74, 6) is -1.93. The molecule has 0 spiro atoms. The van der Waals surface area contributed by atoms with Crippen molar-refractivity contribution in [1.29, 1.82) is 0 Å². The molecule has 2 unspecified atom stereocenters. The van der Waals surface area contributed by atoms with Crippen molar-refractivity contribution in [1.82, 2.24) is 10.2 Å². The van der Waals surface area contributed by atoms with Crippen molar-refractivity contribution in [3.63, 3.8) is 0 Å². The number of carboxylic acids is 1. The SMILES string of the molecule is CN(C)C(=O)CNC(=O)C1CCC(C(=O)O)C1. The third kappa shape index (κ3) is 3.72. The van der Waals surface area contributed by atoms with E-state index in [1.807, 2.05) is 0 Å². The number of likely N-dealkylation sites (N-methyl/N-ethyl adjacent to an activating group) is 1. The zero-order valence-electron chi connectivity index (χ0n) is 10.1. The number of amides is 2. The summed E-state index contributed by atoms with van der Waals surface area (Å²) in [5, 5.41) is 11.4. The van der Waals surface area contributed by atoms with E-state index in [-0.39, 0.29) is 24.3 Å². The van der Waals surface area contributed by atoms with Gasteiger partial charge >= 0.3 is 5.97 Å². The zero-order valence-corrected chi connectivity index (χ0v) is 10.1. The predicted octanol–water partition coefficient (Wildman–Crippen LogP) is -0.308. The first-order valence-corrected chi connectivity index (χ1v) is 5.62. The molecule has 6 nitrogen and oxygen atoms in total. The summed E-state index contributed by atoms with van der Waals surface area (Å²) < 4.78 is 0. The Labute approximate surface area is 100.0 Å². The predicted molar refractivity (Wildman–Crippen MR) is 60.2 cm³/mol. The van der Waals surface area contributed by atoms with Crippen LogP contribution < -0.4 is 5.32 Å². The van der Waals surface area contributed by atoms with Crippen LogP contribution in [0.3, 0.4) is 0 Å². The summed E-state index contributed by atoms with van der Waals surface area (Å²) in [6.45, 7) is -0.0277. The molecule has 2 atom stereocenters. The van der Waals surface area contributed by atoms with Crippen molar-refractivity contribution in [2.75, 3.05) is 20.6 Å². The van der Waals surface area contributed by atoms with Gasteiger partial charge in [0.2, 0.25) is 11.8 Å². The number of hydrogen-bond acceptors (Lipinski definition) is 3.